The van der Waals surface area contributed by atoms with E-state index in [0.717, 1.165) is 6.42 Å². The van der Waals surface area contributed by atoms with Gasteiger partial charge in [0.1, 0.15) is 0 Å². The Morgan fingerprint density at radius 3 is 2.20 bits per heavy atom. The van der Waals surface area contributed by atoms with Crippen molar-refractivity contribution in [2.24, 2.45) is 0 Å². The molecular formula is C9H14INO4. The van der Waals surface area contributed by atoms with Gasteiger partial charge in [-0.1, -0.05) is 30.3 Å². The summed E-state index contributed by atoms with van der Waals surface area (Å²) < 4.78 is 24.5. The van der Waals surface area contributed by atoms with Crippen molar-refractivity contribution >= 4 is 0 Å². The van der Waals surface area contributed by atoms with E-state index in [0.29, 0.717) is 0 Å². The van der Waals surface area contributed by atoms with Crippen molar-refractivity contribution in [2.75, 3.05) is 0 Å². The maximum absolute atomic E-state index is 8.68. The summed E-state index contributed by atoms with van der Waals surface area (Å²) in [6.45, 7) is 1.94. The Morgan fingerprint density at radius 1 is 1.33 bits per heavy atom. The first-order valence-electron chi connectivity index (χ1n) is 4.24. The molecule has 5 nitrogen and oxygen atoms in total. The highest BCUT2D eigenvalue weighted by Gasteiger charge is 1.99. The van der Waals surface area contributed by atoms with Crippen LogP contribution in [-0.2, 0) is 6.42 Å². The molecule has 1 atom stereocenters. The van der Waals surface area contributed by atoms with E-state index in [-0.39, 0.29) is 6.04 Å². The van der Waals surface area contributed by atoms with Crippen molar-refractivity contribution < 1.29 is 36.6 Å². The first-order valence-corrected chi connectivity index (χ1v) is 6.97. The molecule has 1 unspecified atom stereocenters. The number of hydrogen-bond acceptors (Lipinski definition) is 5. The van der Waals surface area contributed by atoms with Gasteiger partial charge in [-0.25, -0.2) is 5.48 Å². The van der Waals surface area contributed by atoms with Crippen LogP contribution in [0.4, 0.5) is 0 Å². The van der Waals surface area contributed by atoms with Crippen molar-refractivity contribution in [2.45, 2.75) is 19.4 Å². The first kappa shape index (κ1) is 14.8. The monoisotopic (exact) mass is 327 g/mol. The summed E-state index contributed by atoms with van der Waals surface area (Å²) >= 11 is -3.76. The summed E-state index contributed by atoms with van der Waals surface area (Å²) in [6.07, 6.45) is 0.858. The Hall–Kier alpha value is -0.250. The van der Waals surface area contributed by atoms with Crippen LogP contribution in [0.1, 0.15) is 12.5 Å². The maximum atomic E-state index is 8.68. The molecule has 1 rings (SSSR count). The van der Waals surface area contributed by atoms with Crippen molar-refractivity contribution in [3.63, 3.8) is 0 Å². The quantitative estimate of drug-likeness (QED) is 0.385. The van der Waals surface area contributed by atoms with Gasteiger partial charge in [-0.3, -0.25) is 0 Å². The minimum absolute atomic E-state index is 0.123. The van der Waals surface area contributed by atoms with Gasteiger partial charge in [0.15, 0.2) is 0 Å². The van der Waals surface area contributed by atoms with E-state index in [1.165, 1.54) is 5.56 Å². The van der Waals surface area contributed by atoms with Crippen molar-refractivity contribution in [1.29, 1.82) is 0 Å². The molecule has 0 saturated carbocycles. The number of hydroxylamine groups is 1. The van der Waals surface area contributed by atoms with Crippen LogP contribution in [0.25, 0.3) is 0 Å². The molecule has 0 amide bonds. The third-order valence-electron chi connectivity index (χ3n) is 1.61. The SMILES string of the molecule is CC(Cc1ccccc1)NO.[O-][I+2]([O-])O. The second-order valence-electron chi connectivity index (χ2n) is 2.92. The number of halogens is 1. The Balaban J connectivity index is 0.000000423. The Labute approximate surface area is 97.4 Å². The normalized spacial score (nSPS) is 11.9. The van der Waals surface area contributed by atoms with E-state index < -0.39 is 21.1 Å². The smallest absolute Gasteiger partial charge is 0.396 e. The highest BCUT2D eigenvalue weighted by atomic mass is 127. The summed E-state index contributed by atoms with van der Waals surface area (Å²) in [7, 11) is 0. The summed E-state index contributed by atoms with van der Waals surface area (Å²) in [5.74, 6) is 0. The first-order chi connectivity index (χ1) is 7.06. The van der Waals surface area contributed by atoms with Crippen LogP contribution < -0.4 is 33.4 Å². The number of benzene rings is 1. The largest absolute Gasteiger partial charge is 0.503 e. The molecule has 0 bridgehead atoms. The lowest BCUT2D eigenvalue weighted by Crippen LogP contribution is -3.98. The zero-order valence-corrected chi connectivity index (χ0v) is 10.4. The van der Waals surface area contributed by atoms with Gasteiger partial charge in [0, 0.05) is 6.04 Å². The van der Waals surface area contributed by atoms with Gasteiger partial charge in [0.2, 0.25) is 0 Å². The highest BCUT2D eigenvalue weighted by Crippen LogP contribution is 2.01. The number of hydrogen-bond donors (Lipinski definition) is 3. The summed E-state index contributed by atoms with van der Waals surface area (Å²) in [5.41, 5.74) is 3.45. The molecule has 0 fully saturated rings. The molecule has 0 aliphatic carbocycles. The molecule has 0 spiro atoms. The molecule has 1 aromatic rings. The van der Waals surface area contributed by atoms with Gasteiger partial charge in [-0.05, 0) is 22.3 Å². The van der Waals surface area contributed by atoms with Crippen molar-refractivity contribution in [3.8, 4) is 0 Å². The van der Waals surface area contributed by atoms with E-state index in [1.807, 2.05) is 37.3 Å². The molecule has 0 saturated heterocycles. The van der Waals surface area contributed by atoms with Crippen LogP contribution >= 0.6 is 0 Å². The van der Waals surface area contributed by atoms with E-state index in [2.05, 4.69) is 5.48 Å². The van der Waals surface area contributed by atoms with E-state index in [1.54, 1.807) is 0 Å². The number of rotatable bonds is 3. The van der Waals surface area contributed by atoms with Crippen LogP contribution in [-0.4, -0.2) is 14.7 Å². The third-order valence-corrected chi connectivity index (χ3v) is 1.61. The van der Waals surface area contributed by atoms with Crippen LogP contribution in [0.3, 0.4) is 0 Å². The Kier molecular flexibility index (Phi) is 8.86. The minimum atomic E-state index is -3.76. The van der Waals surface area contributed by atoms with E-state index in [9.17, 15) is 0 Å². The van der Waals surface area contributed by atoms with E-state index >= 15 is 0 Å². The zero-order valence-electron chi connectivity index (χ0n) is 8.26. The average molecular weight is 327 g/mol. The van der Waals surface area contributed by atoms with Gasteiger partial charge < -0.3 is 12.1 Å². The molecular weight excluding hydrogens is 313 g/mol. The number of nitrogens with one attached hydrogen (secondary N) is 1. The van der Waals surface area contributed by atoms with Crippen LogP contribution in [0.15, 0.2) is 30.3 Å². The van der Waals surface area contributed by atoms with Crippen LogP contribution in [0.5, 0.6) is 0 Å². The molecule has 0 aromatic heterocycles. The molecule has 0 aliphatic heterocycles. The molecule has 0 radical (unpaired) electrons. The van der Waals surface area contributed by atoms with Crippen LogP contribution in [0, 0.1) is 0 Å². The lowest BCUT2D eigenvalue weighted by Gasteiger charge is -2.07. The maximum Gasteiger partial charge on any atom is 0.503 e. The molecule has 15 heavy (non-hydrogen) atoms. The molecule has 6 heteroatoms. The fraction of sp³-hybridized carbons (Fsp3) is 0.333. The molecule has 86 valence electrons. The van der Waals surface area contributed by atoms with Gasteiger partial charge in [-0.15, -0.1) is 0 Å². The summed E-state index contributed by atoms with van der Waals surface area (Å²) in [5, 5.41) is 8.55. The molecule has 0 heterocycles. The average Bonchev–Trinajstić information content (AvgIpc) is 2.18. The van der Waals surface area contributed by atoms with E-state index in [4.69, 9.17) is 15.5 Å². The molecule has 3 N–H and O–H groups in total. The van der Waals surface area contributed by atoms with Crippen molar-refractivity contribution in [3.05, 3.63) is 35.9 Å². The summed E-state index contributed by atoms with van der Waals surface area (Å²) in [4.78, 5) is 0. The second kappa shape index (κ2) is 9.01. The Morgan fingerprint density at radius 2 is 1.80 bits per heavy atom. The van der Waals surface area contributed by atoms with Crippen molar-refractivity contribution in [1.82, 2.24) is 5.48 Å². The Bertz CT molecular complexity index is 242. The van der Waals surface area contributed by atoms with Gasteiger partial charge in [0.25, 0.3) is 0 Å². The topological polar surface area (TPSA) is 98.6 Å². The second-order valence-corrected chi connectivity index (χ2v) is 4.07. The van der Waals surface area contributed by atoms with Gasteiger partial charge >= 0.3 is 21.1 Å². The fourth-order valence-corrected chi connectivity index (χ4v) is 1.01. The fourth-order valence-electron chi connectivity index (χ4n) is 1.01. The standard InChI is InChI=1S/C9H13NO.HIO3/c1-8(10-11)7-9-5-3-2-4-6-9;2-1(3)4/h2-6,8,10-11H,7H2,1H3;2H. The minimum Gasteiger partial charge on any atom is -0.396 e. The lowest BCUT2D eigenvalue weighted by atomic mass is 10.1. The van der Waals surface area contributed by atoms with Gasteiger partial charge in [-0.2, -0.15) is 0 Å². The third kappa shape index (κ3) is 10.0. The summed E-state index contributed by atoms with van der Waals surface area (Å²) in [6, 6.07) is 10.2. The van der Waals surface area contributed by atoms with Gasteiger partial charge in [0.05, 0.1) is 0 Å². The predicted molar refractivity (Wildman–Crippen MR) is 46.7 cm³/mol. The zero-order chi connectivity index (χ0) is 11.7. The molecule has 0 aliphatic rings. The predicted octanol–water partition coefficient (Wildman–Crippen LogP) is -4.33. The lowest BCUT2D eigenvalue weighted by molar-refractivity contribution is -1.63. The highest BCUT2D eigenvalue weighted by molar-refractivity contribution is 5.15. The molecule has 1 aromatic carbocycles. The van der Waals surface area contributed by atoms with Crippen LogP contribution in [0.2, 0.25) is 0 Å².